The fraction of sp³-hybridized carbons (Fsp3) is 0.300. The molecule has 15 heavy (non-hydrogen) atoms. The topological polar surface area (TPSA) is 20.3 Å². The summed E-state index contributed by atoms with van der Waals surface area (Å²) < 4.78 is 0.612. The van der Waals surface area contributed by atoms with Crippen LogP contribution >= 0.6 is 35.1 Å². The molecular formula is C10H9Cl2NOS. The molecule has 2 nitrogen and oxygen atoms in total. The van der Waals surface area contributed by atoms with E-state index in [0.29, 0.717) is 6.54 Å². The number of rotatable bonds is 2. The van der Waals surface area contributed by atoms with Crippen LogP contribution in [-0.2, 0) is 11.3 Å². The number of benzene rings is 1. The van der Waals surface area contributed by atoms with Crippen LogP contribution in [0.4, 0.5) is 0 Å². The van der Waals surface area contributed by atoms with Gasteiger partial charge in [0.2, 0.25) is 5.91 Å². The lowest BCUT2D eigenvalue weighted by Crippen LogP contribution is -2.17. The normalized spacial score (nSPS) is 19.6. The molecule has 0 bridgehead atoms. The molecule has 1 aliphatic rings. The van der Waals surface area contributed by atoms with E-state index in [-0.39, 0.29) is 12.3 Å². The Labute approximate surface area is 103 Å². The van der Waals surface area contributed by atoms with Crippen molar-refractivity contribution in [3.8, 4) is 0 Å². The number of amides is 1. The number of carbonyl (C=O) groups is 1. The minimum atomic E-state index is -0.994. The quantitative estimate of drug-likeness (QED) is 0.602. The number of carbonyl (C=O) groups excluding carboxylic acids is 1. The molecule has 1 aliphatic heterocycles. The molecule has 1 aromatic rings. The molecule has 1 amide bonds. The Bertz CT molecular complexity index is 369. The zero-order valence-corrected chi connectivity index (χ0v) is 10.1. The molecule has 1 fully saturated rings. The largest absolute Gasteiger partial charge is 0.279 e. The van der Waals surface area contributed by atoms with E-state index < -0.39 is 3.67 Å². The molecular weight excluding hydrogens is 253 g/mol. The van der Waals surface area contributed by atoms with Gasteiger partial charge < -0.3 is 0 Å². The van der Waals surface area contributed by atoms with E-state index in [1.807, 2.05) is 30.3 Å². The molecule has 0 N–H and O–H groups in total. The summed E-state index contributed by atoms with van der Waals surface area (Å²) in [4.78, 5) is 11.5. The van der Waals surface area contributed by atoms with Gasteiger partial charge in [0.05, 0.1) is 13.0 Å². The molecule has 0 aliphatic carbocycles. The zero-order chi connectivity index (χ0) is 10.9. The van der Waals surface area contributed by atoms with Gasteiger partial charge in [-0.15, -0.1) is 0 Å². The van der Waals surface area contributed by atoms with E-state index in [0.717, 1.165) is 5.56 Å². The minimum absolute atomic E-state index is 0.0196. The summed E-state index contributed by atoms with van der Waals surface area (Å²) in [6, 6.07) is 9.76. The van der Waals surface area contributed by atoms with Crippen LogP contribution in [0.1, 0.15) is 12.0 Å². The molecule has 1 saturated heterocycles. The van der Waals surface area contributed by atoms with Crippen LogP contribution in [0.2, 0.25) is 0 Å². The highest BCUT2D eigenvalue weighted by molar-refractivity contribution is 8.02. The van der Waals surface area contributed by atoms with Crippen LogP contribution in [0.25, 0.3) is 0 Å². The number of hydrogen-bond donors (Lipinski definition) is 0. The highest BCUT2D eigenvalue weighted by Gasteiger charge is 2.41. The standard InChI is InChI=1S/C10H9Cl2NOS/c11-10(12)6-9(14)13(15-10)7-8-4-2-1-3-5-8/h1-5H,6-7H2. The summed E-state index contributed by atoms with van der Waals surface area (Å²) in [7, 11) is 0. The van der Waals surface area contributed by atoms with E-state index in [1.165, 1.54) is 11.9 Å². The summed E-state index contributed by atoms with van der Waals surface area (Å²) in [5.74, 6) is -0.0196. The Morgan fingerprint density at radius 3 is 2.53 bits per heavy atom. The Kier molecular flexibility index (Phi) is 3.14. The van der Waals surface area contributed by atoms with Crippen molar-refractivity contribution in [3.63, 3.8) is 0 Å². The molecule has 5 heteroatoms. The Balaban J connectivity index is 2.05. The molecule has 0 aromatic heterocycles. The van der Waals surface area contributed by atoms with Crippen LogP contribution in [0.3, 0.4) is 0 Å². The summed E-state index contributed by atoms with van der Waals surface area (Å²) in [6.45, 7) is 0.547. The van der Waals surface area contributed by atoms with Crippen molar-refractivity contribution >= 4 is 41.1 Å². The van der Waals surface area contributed by atoms with Crippen molar-refractivity contribution in [3.05, 3.63) is 35.9 Å². The third-order valence-electron chi connectivity index (χ3n) is 2.05. The van der Waals surface area contributed by atoms with Gasteiger partial charge in [0.15, 0.2) is 3.67 Å². The van der Waals surface area contributed by atoms with Crippen LogP contribution in [0, 0.1) is 0 Å². The van der Waals surface area contributed by atoms with Gasteiger partial charge in [-0.2, -0.15) is 0 Å². The van der Waals surface area contributed by atoms with E-state index in [9.17, 15) is 4.79 Å². The maximum Gasteiger partial charge on any atom is 0.236 e. The van der Waals surface area contributed by atoms with E-state index in [2.05, 4.69) is 0 Å². The van der Waals surface area contributed by atoms with E-state index >= 15 is 0 Å². The summed E-state index contributed by atoms with van der Waals surface area (Å²) >= 11 is 13.0. The summed E-state index contributed by atoms with van der Waals surface area (Å²) in [5, 5.41) is 0. The average molecular weight is 262 g/mol. The van der Waals surface area contributed by atoms with Gasteiger partial charge in [-0.3, -0.25) is 9.10 Å². The molecule has 0 atom stereocenters. The van der Waals surface area contributed by atoms with Gasteiger partial charge in [0.25, 0.3) is 0 Å². The van der Waals surface area contributed by atoms with E-state index in [1.54, 1.807) is 4.31 Å². The fourth-order valence-electron chi connectivity index (χ4n) is 1.38. The highest BCUT2D eigenvalue weighted by Crippen LogP contribution is 2.47. The van der Waals surface area contributed by atoms with Crippen LogP contribution < -0.4 is 0 Å². The van der Waals surface area contributed by atoms with Gasteiger partial charge in [-0.1, -0.05) is 53.5 Å². The predicted octanol–water partition coefficient (Wildman–Crippen LogP) is 3.20. The molecule has 0 unspecified atom stereocenters. The Hall–Kier alpha value is -0.380. The predicted molar refractivity (Wildman–Crippen MR) is 63.6 cm³/mol. The van der Waals surface area contributed by atoms with Gasteiger partial charge in [-0.25, -0.2) is 0 Å². The molecule has 1 heterocycles. The maximum absolute atomic E-state index is 11.5. The molecule has 0 spiro atoms. The second-order valence-electron chi connectivity index (χ2n) is 3.32. The lowest BCUT2D eigenvalue weighted by Gasteiger charge is -2.15. The number of nitrogens with zero attached hydrogens (tertiary/aromatic N) is 1. The molecule has 1 aromatic carbocycles. The average Bonchev–Trinajstić information content (AvgIpc) is 2.41. The monoisotopic (exact) mass is 261 g/mol. The highest BCUT2D eigenvalue weighted by atomic mass is 35.5. The van der Waals surface area contributed by atoms with Crippen molar-refractivity contribution in [1.29, 1.82) is 0 Å². The molecule has 0 radical (unpaired) electrons. The summed E-state index contributed by atoms with van der Waals surface area (Å²) in [6.07, 6.45) is 0.174. The van der Waals surface area contributed by atoms with Gasteiger partial charge in [0, 0.05) is 0 Å². The molecule has 0 saturated carbocycles. The van der Waals surface area contributed by atoms with Crippen molar-refractivity contribution < 1.29 is 4.79 Å². The lowest BCUT2D eigenvalue weighted by molar-refractivity contribution is -0.125. The van der Waals surface area contributed by atoms with Crippen LogP contribution in [0.15, 0.2) is 30.3 Å². The maximum atomic E-state index is 11.5. The van der Waals surface area contributed by atoms with Crippen molar-refractivity contribution in [2.75, 3.05) is 0 Å². The molecule has 2 rings (SSSR count). The first kappa shape index (κ1) is 11.1. The van der Waals surface area contributed by atoms with Gasteiger partial charge in [0.1, 0.15) is 0 Å². The first-order valence-electron chi connectivity index (χ1n) is 4.48. The zero-order valence-electron chi connectivity index (χ0n) is 7.82. The van der Waals surface area contributed by atoms with Gasteiger partial charge in [-0.05, 0) is 17.5 Å². The van der Waals surface area contributed by atoms with E-state index in [4.69, 9.17) is 23.2 Å². The smallest absolute Gasteiger partial charge is 0.236 e. The van der Waals surface area contributed by atoms with Crippen molar-refractivity contribution in [1.82, 2.24) is 4.31 Å². The summed E-state index contributed by atoms with van der Waals surface area (Å²) in [5.41, 5.74) is 1.07. The fourth-order valence-corrected chi connectivity index (χ4v) is 3.00. The van der Waals surface area contributed by atoms with Crippen molar-refractivity contribution in [2.45, 2.75) is 16.6 Å². The van der Waals surface area contributed by atoms with Gasteiger partial charge >= 0.3 is 0 Å². The Morgan fingerprint density at radius 1 is 1.33 bits per heavy atom. The number of hydrogen-bond acceptors (Lipinski definition) is 2. The van der Waals surface area contributed by atoms with Crippen molar-refractivity contribution in [2.24, 2.45) is 0 Å². The molecule has 80 valence electrons. The number of alkyl halides is 2. The SMILES string of the molecule is O=C1CC(Cl)(Cl)SN1Cc1ccccc1. The van der Waals surface area contributed by atoms with Crippen LogP contribution in [0.5, 0.6) is 0 Å². The lowest BCUT2D eigenvalue weighted by atomic mass is 10.2. The third-order valence-corrected chi connectivity index (χ3v) is 3.69. The number of halogens is 2. The second kappa shape index (κ2) is 4.24. The first-order chi connectivity index (χ1) is 7.07. The second-order valence-corrected chi connectivity index (χ2v) is 6.57. The first-order valence-corrected chi connectivity index (χ1v) is 6.01. The minimum Gasteiger partial charge on any atom is -0.279 e. The van der Waals surface area contributed by atoms with Crippen LogP contribution in [-0.4, -0.2) is 13.9 Å². The Morgan fingerprint density at radius 2 is 2.00 bits per heavy atom. The third kappa shape index (κ3) is 2.80.